The van der Waals surface area contributed by atoms with Crippen LogP contribution in [0.5, 0.6) is 5.75 Å². The fourth-order valence-corrected chi connectivity index (χ4v) is 2.40. The Morgan fingerprint density at radius 1 is 1.33 bits per heavy atom. The quantitative estimate of drug-likeness (QED) is 0.849. The van der Waals surface area contributed by atoms with Crippen LogP contribution in [0.4, 0.5) is 0 Å². The lowest BCUT2D eigenvalue weighted by atomic mass is 9.97. The summed E-state index contributed by atoms with van der Waals surface area (Å²) in [5.74, 6) is 1.25. The molecule has 1 saturated heterocycles. The summed E-state index contributed by atoms with van der Waals surface area (Å²) in [4.78, 5) is 2.41. The van der Waals surface area contributed by atoms with Crippen molar-refractivity contribution in [1.82, 2.24) is 4.90 Å². The average Bonchev–Trinajstić information content (AvgIpc) is 2.46. The highest BCUT2D eigenvalue weighted by Gasteiger charge is 2.19. The molecule has 1 aliphatic rings. The molecule has 0 radical (unpaired) electrons. The first-order valence-electron chi connectivity index (χ1n) is 6.48. The van der Waals surface area contributed by atoms with Crippen LogP contribution in [0.1, 0.15) is 11.5 Å². The molecule has 0 aliphatic carbocycles. The minimum Gasteiger partial charge on any atom is -0.496 e. The van der Waals surface area contributed by atoms with Gasteiger partial charge in [0.1, 0.15) is 5.75 Å². The van der Waals surface area contributed by atoms with Crippen LogP contribution in [0.3, 0.4) is 0 Å². The lowest BCUT2D eigenvalue weighted by Crippen LogP contribution is -2.40. The number of nitrogens with zero attached hydrogens (tertiary/aromatic N) is 1. The molecular weight excluding hydrogens is 228 g/mol. The number of methoxy groups -OCH3 is 1. The first-order chi connectivity index (χ1) is 8.85. The Morgan fingerprint density at radius 3 is 2.72 bits per heavy atom. The summed E-state index contributed by atoms with van der Waals surface area (Å²) in [5, 5.41) is 0. The summed E-state index contributed by atoms with van der Waals surface area (Å²) in [6.45, 7) is 5.24. The van der Waals surface area contributed by atoms with Gasteiger partial charge < -0.3 is 15.2 Å². The van der Waals surface area contributed by atoms with E-state index >= 15 is 0 Å². The monoisotopic (exact) mass is 250 g/mol. The summed E-state index contributed by atoms with van der Waals surface area (Å²) in [5.41, 5.74) is 7.13. The van der Waals surface area contributed by atoms with Gasteiger partial charge in [-0.25, -0.2) is 0 Å². The molecule has 4 nitrogen and oxygen atoms in total. The maximum absolute atomic E-state index is 5.93. The van der Waals surface area contributed by atoms with Gasteiger partial charge in [0.05, 0.1) is 20.3 Å². The Labute approximate surface area is 109 Å². The number of rotatable bonds is 5. The number of morpholine rings is 1. The van der Waals surface area contributed by atoms with E-state index in [1.807, 2.05) is 18.2 Å². The van der Waals surface area contributed by atoms with Crippen molar-refractivity contribution >= 4 is 0 Å². The predicted molar refractivity (Wildman–Crippen MR) is 72.0 cm³/mol. The van der Waals surface area contributed by atoms with E-state index in [0.29, 0.717) is 12.5 Å². The van der Waals surface area contributed by atoms with Gasteiger partial charge in [0.25, 0.3) is 0 Å². The van der Waals surface area contributed by atoms with Crippen LogP contribution in [0.25, 0.3) is 0 Å². The molecule has 1 heterocycles. The zero-order valence-corrected chi connectivity index (χ0v) is 11.0. The van der Waals surface area contributed by atoms with Crippen molar-refractivity contribution in [2.75, 3.05) is 46.5 Å². The van der Waals surface area contributed by atoms with Crippen LogP contribution < -0.4 is 10.5 Å². The molecule has 18 heavy (non-hydrogen) atoms. The van der Waals surface area contributed by atoms with Gasteiger partial charge in [0.2, 0.25) is 0 Å². The lowest BCUT2D eigenvalue weighted by Gasteiger charge is -2.30. The molecule has 1 aliphatic heterocycles. The molecule has 2 rings (SSSR count). The van der Waals surface area contributed by atoms with Crippen molar-refractivity contribution in [3.63, 3.8) is 0 Å². The molecule has 100 valence electrons. The zero-order chi connectivity index (χ0) is 12.8. The average molecular weight is 250 g/mol. The standard InChI is InChI=1S/C14H22N2O2/c1-17-14-5-3-2-4-13(14)12(10-15)11-16-6-8-18-9-7-16/h2-5,12H,6-11,15H2,1H3. The lowest BCUT2D eigenvalue weighted by molar-refractivity contribution is 0.0352. The molecule has 0 amide bonds. The Balaban J connectivity index is 2.07. The van der Waals surface area contributed by atoms with Gasteiger partial charge >= 0.3 is 0 Å². The summed E-state index contributed by atoms with van der Waals surface area (Å²) >= 11 is 0. The summed E-state index contributed by atoms with van der Waals surface area (Å²) in [6.07, 6.45) is 0. The molecule has 0 spiro atoms. The van der Waals surface area contributed by atoms with Crippen molar-refractivity contribution in [1.29, 1.82) is 0 Å². The molecule has 0 saturated carbocycles. The van der Waals surface area contributed by atoms with E-state index in [-0.39, 0.29) is 0 Å². The van der Waals surface area contributed by atoms with Crippen LogP contribution in [-0.2, 0) is 4.74 Å². The molecule has 1 unspecified atom stereocenters. The van der Waals surface area contributed by atoms with Crippen molar-refractivity contribution in [3.8, 4) is 5.75 Å². The van der Waals surface area contributed by atoms with Crippen LogP contribution in [-0.4, -0.2) is 51.4 Å². The van der Waals surface area contributed by atoms with Gasteiger partial charge in [-0.15, -0.1) is 0 Å². The smallest absolute Gasteiger partial charge is 0.122 e. The summed E-state index contributed by atoms with van der Waals surface area (Å²) in [7, 11) is 1.71. The number of para-hydroxylation sites is 1. The highest BCUT2D eigenvalue weighted by Crippen LogP contribution is 2.26. The van der Waals surface area contributed by atoms with Crippen molar-refractivity contribution in [3.05, 3.63) is 29.8 Å². The first kappa shape index (κ1) is 13.3. The Kier molecular flexibility index (Phi) is 4.99. The second-order valence-corrected chi connectivity index (χ2v) is 4.59. The van der Waals surface area contributed by atoms with Gasteiger partial charge in [-0.3, -0.25) is 4.90 Å². The van der Waals surface area contributed by atoms with Gasteiger partial charge in [0.15, 0.2) is 0 Å². The Hall–Kier alpha value is -1.10. The zero-order valence-electron chi connectivity index (χ0n) is 11.0. The third-order valence-corrected chi connectivity index (χ3v) is 3.45. The van der Waals surface area contributed by atoms with Gasteiger partial charge in [-0.2, -0.15) is 0 Å². The Morgan fingerprint density at radius 2 is 2.06 bits per heavy atom. The third kappa shape index (κ3) is 3.22. The molecule has 1 aromatic carbocycles. The Bertz CT molecular complexity index is 365. The molecule has 0 bridgehead atoms. The second kappa shape index (κ2) is 6.73. The van der Waals surface area contributed by atoms with Crippen molar-refractivity contribution < 1.29 is 9.47 Å². The molecule has 4 heteroatoms. The van der Waals surface area contributed by atoms with Crippen LogP contribution in [0, 0.1) is 0 Å². The minimum absolute atomic E-state index is 0.319. The summed E-state index contributed by atoms with van der Waals surface area (Å²) in [6, 6.07) is 8.14. The number of hydrogen-bond acceptors (Lipinski definition) is 4. The van der Waals surface area contributed by atoms with E-state index in [1.165, 1.54) is 5.56 Å². The van der Waals surface area contributed by atoms with E-state index in [1.54, 1.807) is 7.11 Å². The fraction of sp³-hybridized carbons (Fsp3) is 0.571. The van der Waals surface area contributed by atoms with E-state index < -0.39 is 0 Å². The number of nitrogens with two attached hydrogens (primary N) is 1. The molecule has 0 aromatic heterocycles. The van der Waals surface area contributed by atoms with Crippen LogP contribution in [0.2, 0.25) is 0 Å². The second-order valence-electron chi connectivity index (χ2n) is 4.59. The maximum atomic E-state index is 5.93. The fourth-order valence-electron chi connectivity index (χ4n) is 2.40. The third-order valence-electron chi connectivity index (χ3n) is 3.45. The van der Waals surface area contributed by atoms with Crippen molar-refractivity contribution in [2.45, 2.75) is 5.92 Å². The number of hydrogen-bond donors (Lipinski definition) is 1. The van der Waals surface area contributed by atoms with E-state index in [4.69, 9.17) is 15.2 Å². The first-order valence-corrected chi connectivity index (χ1v) is 6.48. The van der Waals surface area contributed by atoms with E-state index in [9.17, 15) is 0 Å². The minimum atomic E-state index is 0.319. The van der Waals surface area contributed by atoms with Gasteiger partial charge in [-0.05, 0) is 11.6 Å². The normalized spacial score (nSPS) is 18.6. The molecule has 1 aromatic rings. The highest BCUT2D eigenvalue weighted by atomic mass is 16.5. The largest absolute Gasteiger partial charge is 0.496 e. The topological polar surface area (TPSA) is 47.7 Å². The van der Waals surface area contributed by atoms with Crippen LogP contribution >= 0.6 is 0 Å². The highest BCUT2D eigenvalue weighted by molar-refractivity contribution is 5.36. The van der Waals surface area contributed by atoms with Crippen molar-refractivity contribution in [2.24, 2.45) is 5.73 Å². The molecule has 1 fully saturated rings. The van der Waals surface area contributed by atoms with Gasteiger partial charge in [-0.1, -0.05) is 18.2 Å². The van der Waals surface area contributed by atoms with E-state index in [2.05, 4.69) is 11.0 Å². The summed E-state index contributed by atoms with van der Waals surface area (Å²) < 4.78 is 10.8. The number of benzene rings is 1. The predicted octanol–water partition coefficient (Wildman–Crippen LogP) is 1.07. The SMILES string of the molecule is COc1ccccc1C(CN)CN1CCOCC1. The molecular formula is C14H22N2O2. The van der Waals surface area contributed by atoms with Gasteiger partial charge in [0, 0.05) is 32.1 Å². The number of ether oxygens (including phenoxy) is 2. The molecule has 2 N–H and O–H groups in total. The maximum Gasteiger partial charge on any atom is 0.122 e. The van der Waals surface area contributed by atoms with Crippen LogP contribution in [0.15, 0.2) is 24.3 Å². The molecule has 1 atom stereocenters. The van der Waals surface area contributed by atoms with E-state index in [0.717, 1.165) is 38.6 Å².